The fourth-order valence-electron chi connectivity index (χ4n) is 6.20. The maximum atomic E-state index is 6.57. The molecule has 6 rings (SSSR count). The lowest BCUT2D eigenvalue weighted by atomic mass is 9.84. The standard InChI is InChI=1S/C31H36ClN6OP/c1-31(2)25-13-9-10-14-27(25)36(4)30(31)29-22-33-38(24-11-7-6-8-12-24)40(29,37-19-17-35(3)18-20-37)34-26-21-23(32)15-16-28(26)39-5/h6-16,21-22H,17-20H2,1-5H3/b30-29+/t40-/m1/s1. The largest absolute Gasteiger partial charge is 0.494 e. The summed E-state index contributed by atoms with van der Waals surface area (Å²) in [5.74, 6) is 0.699. The lowest BCUT2D eigenvalue weighted by molar-refractivity contribution is 0.227. The number of allylic oxidation sites excluding steroid dienone is 2. The Morgan fingerprint density at radius 3 is 2.33 bits per heavy atom. The van der Waals surface area contributed by atoms with Gasteiger partial charge in [-0.15, -0.1) is 0 Å². The number of hydrogen-bond acceptors (Lipinski definition) is 5. The number of fused-ring (bicyclic) bond motifs is 1. The second-order valence-electron chi connectivity index (χ2n) is 11.0. The van der Waals surface area contributed by atoms with Gasteiger partial charge in [0, 0.05) is 55.0 Å². The number of methoxy groups -OCH3 is 1. The van der Waals surface area contributed by atoms with Gasteiger partial charge in [0.25, 0.3) is 0 Å². The number of likely N-dealkylation sites (N-methyl/N-ethyl adjacent to an activating group) is 2. The van der Waals surface area contributed by atoms with Crippen LogP contribution in [0, 0.1) is 0 Å². The normalized spacial score (nSPS) is 24.4. The van der Waals surface area contributed by atoms with Crippen LogP contribution in [0.2, 0.25) is 5.02 Å². The maximum absolute atomic E-state index is 6.57. The van der Waals surface area contributed by atoms with E-state index < -0.39 is 7.36 Å². The molecule has 9 heteroatoms. The summed E-state index contributed by atoms with van der Waals surface area (Å²) in [6.45, 7) is 8.28. The first kappa shape index (κ1) is 27.1. The van der Waals surface area contributed by atoms with Crippen molar-refractivity contribution in [1.29, 1.82) is 0 Å². The maximum Gasteiger partial charge on any atom is 0.180 e. The first-order chi connectivity index (χ1) is 19.3. The second kappa shape index (κ2) is 10.4. The molecule has 7 nitrogen and oxygen atoms in total. The Morgan fingerprint density at radius 1 is 0.925 bits per heavy atom. The number of piperazine rings is 1. The molecule has 0 radical (unpaired) electrons. The molecule has 0 unspecified atom stereocenters. The zero-order chi connectivity index (χ0) is 28.1. The SMILES string of the molecule is COc1ccc(Cl)cc1N=[P@@]1(N2CCN(C)CC2)/C(=C2/N(C)c3ccccc3C2(C)C)C=NN1c1ccccc1. The van der Waals surface area contributed by atoms with Crippen molar-refractivity contribution in [3.05, 3.63) is 94.4 Å². The molecular formula is C31H36ClN6OP. The van der Waals surface area contributed by atoms with Crippen LogP contribution in [0.5, 0.6) is 5.75 Å². The first-order valence-electron chi connectivity index (χ1n) is 13.7. The smallest absolute Gasteiger partial charge is 0.180 e. The van der Waals surface area contributed by atoms with E-state index >= 15 is 0 Å². The molecule has 0 bridgehead atoms. The van der Waals surface area contributed by atoms with E-state index in [2.05, 4.69) is 102 Å². The number of ether oxygens (including phenoxy) is 1. The fraction of sp³-hybridized carbons (Fsp3) is 0.323. The molecule has 0 N–H and O–H groups in total. The van der Waals surface area contributed by atoms with E-state index in [1.54, 1.807) is 7.11 Å². The average molecular weight is 575 g/mol. The van der Waals surface area contributed by atoms with Gasteiger partial charge in [0.15, 0.2) is 7.36 Å². The first-order valence-corrected chi connectivity index (χ1v) is 15.7. The number of hydrazone groups is 1. The molecule has 0 aliphatic carbocycles. The number of rotatable bonds is 4. The molecule has 3 aliphatic rings. The molecular weight excluding hydrogens is 539 g/mol. The van der Waals surface area contributed by atoms with Gasteiger partial charge in [-0.2, -0.15) is 5.10 Å². The minimum absolute atomic E-state index is 0.245. The summed E-state index contributed by atoms with van der Waals surface area (Å²) in [6.07, 6.45) is 2.07. The second-order valence-corrected chi connectivity index (χ2v) is 14.2. The Bertz CT molecular complexity index is 1540. The number of hydrogen-bond donors (Lipinski definition) is 0. The molecule has 3 heterocycles. The van der Waals surface area contributed by atoms with Crippen LogP contribution in [-0.4, -0.2) is 63.2 Å². The van der Waals surface area contributed by atoms with Gasteiger partial charge < -0.3 is 14.5 Å². The summed E-state index contributed by atoms with van der Waals surface area (Å²) in [6, 6.07) is 24.8. The number of halogens is 1. The zero-order valence-electron chi connectivity index (χ0n) is 23.8. The zero-order valence-corrected chi connectivity index (χ0v) is 25.4. The van der Waals surface area contributed by atoms with Crippen molar-refractivity contribution in [1.82, 2.24) is 9.57 Å². The van der Waals surface area contributed by atoms with E-state index in [1.165, 1.54) is 16.9 Å². The summed E-state index contributed by atoms with van der Waals surface area (Å²) in [5.41, 5.74) is 5.27. The van der Waals surface area contributed by atoms with E-state index in [0.29, 0.717) is 10.8 Å². The van der Waals surface area contributed by atoms with E-state index in [4.69, 9.17) is 26.2 Å². The highest BCUT2D eigenvalue weighted by atomic mass is 35.5. The van der Waals surface area contributed by atoms with Crippen molar-refractivity contribution < 1.29 is 4.74 Å². The Labute approximate surface area is 242 Å². The van der Waals surface area contributed by atoms with Crippen LogP contribution < -0.4 is 14.4 Å². The van der Waals surface area contributed by atoms with Crippen molar-refractivity contribution in [3.63, 3.8) is 0 Å². The van der Waals surface area contributed by atoms with E-state index in [0.717, 1.165) is 42.9 Å². The van der Waals surface area contributed by atoms with Crippen LogP contribution in [0.25, 0.3) is 0 Å². The van der Waals surface area contributed by atoms with Gasteiger partial charge in [-0.25, -0.2) is 14.2 Å². The van der Waals surface area contributed by atoms with Gasteiger partial charge in [0.1, 0.15) is 11.4 Å². The molecule has 0 aromatic heterocycles. The number of nitrogens with zero attached hydrogens (tertiary/aromatic N) is 6. The highest BCUT2D eigenvalue weighted by Gasteiger charge is 2.50. The molecule has 3 aromatic carbocycles. The molecule has 0 saturated carbocycles. The van der Waals surface area contributed by atoms with Crippen molar-refractivity contribution in [3.8, 4) is 5.75 Å². The highest BCUT2D eigenvalue weighted by Crippen LogP contribution is 2.71. The van der Waals surface area contributed by atoms with Gasteiger partial charge in [-0.1, -0.05) is 61.8 Å². The van der Waals surface area contributed by atoms with Crippen LogP contribution in [-0.2, 0) is 5.41 Å². The topological polar surface area (TPSA) is 46.9 Å². The Hall–Kier alpha value is -3.09. The van der Waals surface area contributed by atoms with Crippen molar-refractivity contribution >= 4 is 42.2 Å². The van der Waals surface area contributed by atoms with Crippen LogP contribution in [0.3, 0.4) is 0 Å². The van der Waals surface area contributed by atoms with Gasteiger partial charge in [0.05, 0.1) is 24.3 Å². The quantitative estimate of drug-likeness (QED) is 0.304. The summed E-state index contributed by atoms with van der Waals surface area (Å²) >= 11 is 6.57. The molecule has 1 atom stereocenters. The molecule has 0 spiro atoms. The number of benzene rings is 3. The molecule has 40 heavy (non-hydrogen) atoms. The van der Waals surface area contributed by atoms with Crippen LogP contribution in [0.4, 0.5) is 17.1 Å². The Kier molecular flexibility index (Phi) is 7.04. The monoisotopic (exact) mass is 574 g/mol. The lowest BCUT2D eigenvalue weighted by Gasteiger charge is -2.44. The average Bonchev–Trinajstić information content (AvgIpc) is 3.41. The number of para-hydroxylation sites is 2. The lowest BCUT2D eigenvalue weighted by Crippen LogP contribution is -2.44. The molecule has 208 valence electrons. The molecule has 3 aliphatic heterocycles. The summed E-state index contributed by atoms with van der Waals surface area (Å²) in [7, 11) is 3.32. The molecule has 1 fully saturated rings. The van der Waals surface area contributed by atoms with Crippen LogP contribution in [0.1, 0.15) is 19.4 Å². The van der Waals surface area contributed by atoms with Crippen LogP contribution in [0.15, 0.2) is 93.7 Å². The van der Waals surface area contributed by atoms with E-state index in [-0.39, 0.29) is 5.41 Å². The summed E-state index contributed by atoms with van der Waals surface area (Å²) < 4.78 is 16.3. The third-order valence-electron chi connectivity index (χ3n) is 8.23. The third-order valence-corrected chi connectivity index (χ3v) is 12.0. The molecule has 3 aromatic rings. The molecule has 1 saturated heterocycles. The summed E-state index contributed by atoms with van der Waals surface area (Å²) in [5, 5.41) is 6.95. The molecule has 0 amide bonds. The minimum atomic E-state index is -2.73. The number of anilines is 2. The van der Waals surface area contributed by atoms with Crippen molar-refractivity contribution in [2.24, 2.45) is 9.85 Å². The van der Waals surface area contributed by atoms with Gasteiger partial charge in [-0.05, 0) is 49.0 Å². The predicted molar refractivity (Wildman–Crippen MR) is 168 cm³/mol. The van der Waals surface area contributed by atoms with Crippen molar-refractivity contribution in [2.75, 3.05) is 57.1 Å². The Balaban J connectivity index is 1.71. The Morgan fingerprint density at radius 2 is 1.62 bits per heavy atom. The third kappa shape index (κ3) is 4.27. The van der Waals surface area contributed by atoms with Crippen LogP contribution >= 0.6 is 19.0 Å². The van der Waals surface area contributed by atoms with Gasteiger partial charge >= 0.3 is 0 Å². The summed E-state index contributed by atoms with van der Waals surface area (Å²) in [4.78, 5) is 4.73. The van der Waals surface area contributed by atoms with Crippen molar-refractivity contribution in [2.45, 2.75) is 19.3 Å². The highest BCUT2D eigenvalue weighted by molar-refractivity contribution is 7.71. The van der Waals surface area contributed by atoms with E-state index in [9.17, 15) is 0 Å². The fourth-order valence-corrected chi connectivity index (χ4v) is 10.2. The van der Waals surface area contributed by atoms with E-state index in [1.807, 2.05) is 24.3 Å². The van der Waals surface area contributed by atoms with Gasteiger partial charge in [-0.3, -0.25) is 0 Å². The predicted octanol–water partition coefficient (Wildman–Crippen LogP) is 7.40. The minimum Gasteiger partial charge on any atom is -0.494 e. The van der Waals surface area contributed by atoms with Gasteiger partial charge in [0.2, 0.25) is 0 Å².